The second kappa shape index (κ2) is 15.4. The van der Waals surface area contributed by atoms with Crippen molar-refractivity contribution in [1.82, 2.24) is 4.90 Å². The van der Waals surface area contributed by atoms with Gasteiger partial charge in [-0.3, -0.25) is 4.90 Å². The summed E-state index contributed by atoms with van der Waals surface area (Å²) in [6, 6.07) is 11.3. The molecule has 3 saturated heterocycles. The number of benzene rings is 1. The minimum Gasteiger partial charge on any atom is -0.492 e. The van der Waals surface area contributed by atoms with Crippen LogP contribution in [0.25, 0.3) is 0 Å². The Hall–Kier alpha value is -2.21. The standard InChI is InChI=1S/C46H59NO7S2/c1-52-42-35(23-49)45(51)54-44(42)43-34(22-48)38-36-19-32-33-21-46(39(32)28-10-3-2-4-11-28)16-15-26(20-46)24-55-56-25-30-14-13-29(27-8-5-6-9-27)18-31(30)41(50)40(33)47(36)17-7-12-37(38)53-43/h2-4,10-12,14,26-27,29,31-34,36,38-41,48-50H,5-9,13,15-25H2,1H3. The Morgan fingerprint density at radius 2 is 1.82 bits per heavy atom. The van der Waals surface area contributed by atoms with Gasteiger partial charge in [-0.15, -0.1) is 0 Å². The zero-order valence-electron chi connectivity index (χ0n) is 32.7. The fraction of sp³-hybridized carbons (Fsp3) is 0.674. The van der Waals surface area contributed by atoms with Crippen molar-refractivity contribution in [2.45, 2.75) is 101 Å². The van der Waals surface area contributed by atoms with Crippen molar-refractivity contribution in [2.24, 2.45) is 52.8 Å². The first-order valence-corrected chi connectivity index (χ1v) is 24.2. The van der Waals surface area contributed by atoms with Crippen molar-refractivity contribution in [2.75, 3.05) is 38.4 Å². The van der Waals surface area contributed by atoms with Crippen LogP contribution in [-0.2, 0) is 19.0 Å². The van der Waals surface area contributed by atoms with Crippen LogP contribution in [0.2, 0.25) is 0 Å². The maximum atomic E-state index is 13.4. The number of hydrogen-bond acceptors (Lipinski definition) is 10. The first-order valence-electron chi connectivity index (χ1n) is 21.7. The summed E-state index contributed by atoms with van der Waals surface area (Å²) in [5.74, 6) is 5.89. The van der Waals surface area contributed by atoms with Crippen LogP contribution < -0.4 is 0 Å². The summed E-state index contributed by atoms with van der Waals surface area (Å²) in [4.78, 5) is 15.6. The number of esters is 1. The lowest BCUT2D eigenvalue weighted by atomic mass is 9.64. The molecule has 1 aromatic rings. The molecule has 56 heavy (non-hydrogen) atoms. The van der Waals surface area contributed by atoms with Crippen molar-refractivity contribution >= 4 is 27.6 Å². The molecule has 3 saturated carbocycles. The fourth-order valence-corrected chi connectivity index (χ4v) is 16.8. The number of nitrogens with zero attached hydrogens (tertiary/aromatic N) is 1. The number of fused-ring (bicyclic) bond motifs is 6. The van der Waals surface area contributed by atoms with Gasteiger partial charge >= 0.3 is 5.97 Å². The van der Waals surface area contributed by atoms with Gasteiger partial charge in [-0.05, 0) is 104 Å². The second-order valence-corrected chi connectivity index (χ2v) is 21.2. The van der Waals surface area contributed by atoms with Gasteiger partial charge in [0.15, 0.2) is 11.5 Å². The summed E-state index contributed by atoms with van der Waals surface area (Å²) in [6.45, 7) is 0.147. The van der Waals surface area contributed by atoms with Crippen molar-refractivity contribution in [3.05, 3.63) is 82.2 Å². The molecular weight excluding hydrogens is 743 g/mol. The van der Waals surface area contributed by atoms with E-state index in [0.29, 0.717) is 35.3 Å². The van der Waals surface area contributed by atoms with Crippen molar-refractivity contribution in [3.8, 4) is 0 Å². The number of piperidine rings is 1. The van der Waals surface area contributed by atoms with Gasteiger partial charge in [0.25, 0.3) is 0 Å². The van der Waals surface area contributed by atoms with Gasteiger partial charge in [-0.25, -0.2) is 4.79 Å². The van der Waals surface area contributed by atoms with E-state index in [1.54, 1.807) is 0 Å². The number of hydrogen-bond donors (Lipinski definition) is 3. The van der Waals surface area contributed by atoms with Gasteiger partial charge in [0.2, 0.25) is 5.76 Å². The number of rotatable bonds is 5. The minimum absolute atomic E-state index is 0.0129. The molecule has 9 aliphatic rings. The van der Waals surface area contributed by atoms with E-state index in [1.165, 1.54) is 68.9 Å². The number of carbonyl (C=O) groups is 1. The predicted molar refractivity (Wildman–Crippen MR) is 219 cm³/mol. The molecule has 12 atom stereocenters. The van der Waals surface area contributed by atoms with E-state index in [9.17, 15) is 20.1 Å². The number of aliphatic hydroxyl groups is 3. The monoisotopic (exact) mass is 801 g/mol. The van der Waals surface area contributed by atoms with E-state index in [1.807, 2.05) is 10.8 Å². The SMILES string of the molecule is COC1=C(CO)C(=O)OC1=C1OC2=CCCN3C(CC4C5CC6(CCC(CSSCC7=CCC(C8CCCC8)CC7C(O)C53)C6)C4c3ccccc3)C2C1CO. The maximum Gasteiger partial charge on any atom is 0.345 e. The summed E-state index contributed by atoms with van der Waals surface area (Å²) in [5, 5.41) is 34.8. The van der Waals surface area contributed by atoms with Gasteiger partial charge in [0, 0.05) is 42.0 Å². The third-order valence-electron chi connectivity index (χ3n) is 16.3. The van der Waals surface area contributed by atoms with Gasteiger partial charge in [0.1, 0.15) is 11.3 Å². The van der Waals surface area contributed by atoms with Crippen LogP contribution >= 0.6 is 21.6 Å². The highest BCUT2D eigenvalue weighted by Crippen LogP contribution is 2.69. The highest BCUT2D eigenvalue weighted by molar-refractivity contribution is 8.76. The molecule has 5 aliphatic heterocycles. The maximum absolute atomic E-state index is 13.4. The lowest BCUT2D eigenvalue weighted by Gasteiger charge is -2.54. The molecule has 0 aromatic heterocycles. The average Bonchev–Trinajstić information content (AvgIpc) is 4.05. The first kappa shape index (κ1) is 38.0. The molecular formula is C46H59NO7S2. The molecule has 8 nitrogen and oxygen atoms in total. The number of ether oxygens (including phenoxy) is 3. The van der Waals surface area contributed by atoms with E-state index >= 15 is 0 Å². The smallest absolute Gasteiger partial charge is 0.345 e. The summed E-state index contributed by atoms with van der Waals surface area (Å²) in [5.41, 5.74) is 3.19. The van der Waals surface area contributed by atoms with E-state index < -0.39 is 24.6 Å². The van der Waals surface area contributed by atoms with E-state index in [4.69, 9.17) is 14.2 Å². The average molecular weight is 802 g/mol. The normalized spacial score (nSPS) is 42.6. The van der Waals surface area contributed by atoms with Crippen molar-refractivity contribution in [1.29, 1.82) is 0 Å². The van der Waals surface area contributed by atoms with Crippen molar-refractivity contribution in [3.63, 3.8) is 0 Å². The lowest BCUT2D eigenvalue weighted by Crippen LogP contribution is -2.62. The van der Waals surface area contributed by atoms with Crippen LogP contribution in [0.4, 0.5) is 0 Å². The summed E-state index contributed by atoms with van der Waals surface area (Å²) in [7, 11) is 5.58. The minimum atomic E-state index is -0.646. The highest BCUT2D eigenvalue weighted by atomic mass is 33.1. The largest absolute Gasteiger partial charge is 0.492 e. The van der Waals surface area contributed by atoms with Crippen LogP contribution in [0.3, 0.4) is 0 Å². The fourth-order valence-electron chi connectivity index (χ4n) is 14.1. The van der Waals surface area contributed by atoms with Gasteiger partial charge in [-0.1, -0.05) is 89.3 Å². The third kappa shape index (κ3) is 6.20. The Balaban J connectivity index is 1.10. The zero-order chi connectivity index (χ0) is 38.1. The molecule has 3 N–H and O–H groups in total. The summed E-state index contributed by atoms with van der Waals surface area (Å²) >= 11 is 0. The van der Waals surface area contributed by atoms with Crippen LogP contribution in [0.1, 0.15) is 88.5 Å². The van der Waals surface area contributed by atoms with E-state index in [0.717, 1.165) is 56.1 Å². The molecule has 0 amide bonds. The van der Waals surface area contributed by atoms with Gasteiger partial charge in [0.05, 0.1) is 32.3 Å². The summed E-state index contributed by atoms with van der Waals surface area (Å²) in [6.07, 6.45) is 18.5. The third-order valence-corrected chi connectivity index (χ3v) is 18.8. The predicted octanol–water partition coefficient (Wildman–Crippen LogP) is 7.74. The Morgan fingerprint density at radius 1 is 0.982 bits per heavy atom. The van der Waals surface area contributed by atoms with Crippen LogP contribution in [0, 0.1) is 52.8 Å². The molecule has 10 rings (SSSR count). The molecule has 3 bridgehead atoms. The molecule has 12 unspecified atom stereocenters. The van der Waals surface area contributed by atoms with E-state index in [2.05, 4.69) is 58.2 Å². The Bertz CT molecular complexity index is 1800. The number of cyclic esters (lactones) is 1. The zero-order valence-corrected chi connectivity index (χ0v) is 34.4. The Labute approximate surface area is 340 Å². The summed E-state index contributed by atoms with van der Waals surface area (Å²) < 4.78 is 18.1. The Morgan fingerprint density at radius 3 is 2.61 bits per heavy atom. The first-order chi connectivity index (χ1) is 27.4. The second-order valence-electron chi connectivity index (χ2n) is 18.7. The molecule has 0 radical (unpaired) electrons. The number of allylic oxidation sites excluding steroid dienone is 1. The quantitative estimate of drug-likeness (QED) is 0.156. The number of methoxy groups -OCH3 is 1. The molecule has 4 aliphatic carbocycles. The molecule has 302 valence electrons. The van der Waals surface area contributed by atoms with E-state index in [-0.39, 0.29) is 53.0 Å². The van der Waals surface area contributed by atoms with Crippen LogP contribution in [0.5, 0.6) is 0 Å². The molecule has 6 fully saturated rings. The molecule has 5 heterocycles. The van der Waals surface area contributed by atoms with Gasteiger partial charge < -0.3 is 29.5 Å². The van der Waals surface area contributed by atoms with Crippen LogP contribution in [0.15, 0.2) is 76.7 Å². The molecule has 1 spiro atoms. The Kier molecular flexibility index (Phi) is 10.5. The molecule has 1 aromatic carbocycles. The van der Waals surface area contributed by atoms with Gasteiger partial charge in [-0.2, -0.15) is 0 Å². The van der Waals surface area contributed by atoms with Crippen LogP contribution in [-0.4, -0.2) is 82.8 Å². The lowest BCUT2D eigenvalue weighted by molar-refractivity contribution is -0.134. The topological polar surface area (TPSA) is 109 Å². The van der Waals surface area contributed by atoms with Crippen molar-refractivity contribution < 1.29 is 34.3 Å². The highest BCUT2D eigenvalue weighted by Gasteiger charge is 2.64. The number of aliphatic hydroxyl groups excluding tert-OH is 3. The number of carbonyl (C=O) groups excluding carboxylic acids is 1. The molecule has 10 heteroatoms.